The van der Waals surface area contributed by atoms with Crippen LogP contribution in [0.3, 0.4) is 0 Å². The summed E-state index contributed by atoms with van der Waals surface area (Å²) in [5, 5.41) is 2.48. The van der Waals surface area contributed by atoms with Gasteiger partial charge in [-0.05, 0) is 76.9 Å². The molecule has 0 unspecified atom stereocenters. The Morgan fingerprint density at radius 3 is 2.45 bits per heavy atom. The van der Waals surface area contributed by atoms with Crippen molar-refractivity contribution in [2.24, 2.45) is 11.7 Å². The molecule has 1 saturated heterocycles. The molecule has 5 rings (SSSR count). The lowest BCUT2D eigenvalue weighted by Gasteiger charge is -2.37. The summed E-state index contributed by atoms with van der Waals surface area (Å²) in [6.07, 6.45) is 3.38. The minimum atomic E-state index is -3.50. The Balaban J connectivity index is 1.20. The summed E-state index contributed by atoms with van der Waals surface area (Å²) in [6, 6.07) is 17.4. The number of nitrogens with zero attached hydrogens (tertiary/aromatic N) is 2. The van der Waals surface area contributed by atoms with Crippen molar-refractivity contribution in [3.63, 3.8) is 0 Å². The fraction of sp³-hybridized carbons (Fsp3) is 0.385. The van der Waals surface area contributed by atoms with Crippen LogP contribution < -0.4 is 5.73 Å². The number of sulfonamides is 1. The van der Waals surface area contributed by atoms with Crippen molar-refractivity contribution in [1.82, 2.24) is 9.21 Å². The molecule has 2 aliphatic rings. The molecular weight excluding hydrogens is 454 g/mol. The second-order valence-corrected chi connectivity index (χ2v) is 11.6. The van der Waals surface area contributed by atoms with Crippen LogP contribution in [-0.2, 0) is 29.4 Å². The maximum atomic E-state index is 13.3. The zero-order valence-corrected chi connectivity index (χ0v) is 20.3. The SMILES string of the molecule is NCc1ccc2c(c1)CC[C@H](CN1CCN(S(=O)(=O)c3ccc4cc(Cl)ccc4c3)CC1)C2. The summed E-state index contributed by atoms with van der Waals surface area (Å²) < 4.78 is 28.1. The Kier molecular flexibility index (Phi) is 6.47. The van der Waals surface area contributed by atoms with Crippen molar-refractivity contribution in [3.05, 3.63) is 76.3 Å². The fourth-order valence-corrected chi connectivity index (χ4v) is 6.83. The second-order valence-electron chi connectivity index (χ2n) is 9.27. The lowest BCUT2D eigenvalue weighted by atomic mass is 9.83. The minimum Gasteiger partial charge on any atom is -0.326 e. The van der Waals surface area contributed by atoms with E-state index in [1.165, 1.54) is 23.1 Å². The largest absolute Gasteiger partial charge is 0.326 e. The Morgan fingerprint density at radius 2 is 1.67 bits per heavy atom. The van der Waals surface area contributed by atoms with Gasteiger partial charge < -0.3 is 10.6 Å². The Hall–Kier alpha value is -1.96. The topological polar surface area (TPSA) is 66.6 Å². The molecule has 0 radical (unpaired) electrons. The normalized spacial score (nSPS) is 20.1. The van der Waals surface area contributed by atoms with E-state index in [0.717, 1.165) is 43.2 Å². The molecule has 33 heavy (non-hydrogen) atoms. The van der Waals surface area contributed by atoms with Gasteiger partial charge in [0.15, 0.2) is 0 Å². The van der Waals surface area contributed by atoms with E-state index in [4.69, 9.17) is 17.3 Å². The molecule has 1 heterocycles. The van der Waals surface area contributed by atoms with Gasteiger partial charge >= 0.3 is 0 Å². The van der Waals surface area contributed by atoms with Gasteiger partial charge in [-0.3, -0.25) is 0 Å². The predicted octanol–water partition coefficient (Wildman–Crippen LogP) is 4.06. The summed E-state index contributed by atoms with van der Waals surface area (Å²) in [4.78, 5) is 2.78. The van der Waals surface area contributed by atoms with E-state index < -0.39 is 10.0 Å². The average molecular weight is 484 g/mol. The molecule has 174 valence electrons. The highest BCUT2D eigenvalue weighted by molar-refractivity contribution is 7.89. The molecule has 1 aliphatic carbocycles. The first-order chi connectivity index (χ1) is 15.9. The Bertz CT molecular complexity index is 1270. The molecule has 5 nitrogen and oxygen atoms in total. The average Bonchev–Trinajstić information content (AvgIpc) is 2.83. The van der Waals surface area contributed by atoms with Crippen molar-refractivity contribution in [2.75, 3.05) is 32.7 Å². The van der Waals surface area contributed by atoms with Gasteiger partial charge in [-0.25, -0.2) is 8.42 Å². The van der Waals surface area contributed by atoms with Crippen LogP contribution in [0.2, 0.25) is 5.02 Å². The number of aryl methyl sites for hydroxylation is 1. The predicted molar refractivity (Wildman–Crippen MR) is 134 cm³/mol. The van der Waals surface area contributed by atoms with Crippen LogP contribution in [-0.4, -0.2) is 50.3 Å². The minimum absolute atomic E-state index is 0.353. The van der Waals surface area contributed by atoms with Gasteiger partial charge in [0.05, 0.1) is 4.90 Å². The van der Waals surface area contributed by atoms with Crippen molar-refractivity contribution >= 4 is 32.4 Å². The summed E-state index contributed by atoms with van der Waals surface area (Å²) in [6.45, 7) is 4.24. The van der Waals surface area contributed by atoms with Crippen molar-refractivity contribution < 1.29 is 8.42 Å². The molecule has 0 aromatic heterocycles. The summed E-state index contributed by atoms with van der Waals surface area (Å²) >= 11 is 6.06. The highest BCUT2D eigenvalue weighted by atomic mass is 35.5. The third-order valence-corrected chi connectivity index (χ3v) is 9.23. The molecule has 7 heteroatoms. The van der Waals surface area contributed by atoms with Crippen LogP contribution in [0.5, 0.6) is 0 Å². The molecule has 0 bridgehead atoms. The Morgan fingerprint density at radius 1 is 0.909 bits per heavy atom. The molecule has 1 atom stereocenters. The van der Waals surface area contributed by atoms with Gasteiger partial charge in [0.1, 0.15) is 0 Å². The maximum absolute atomic E-state index is 13.3. The van der Waals surface area contributed by atoms with Gasteiger partial charge in [0.2, 0.25) is 10.0 Å². The number of piperazine rings is 1. The highest BCUT2D eigenvalue weighted by Crippen LogP contribution is 2.28. The van der Waals surface area contributed by atoms with Crippen LogP contribution >= 0.6 is 11.6 Å². The smallest absolute Gasteiger partial charge is 0.243 e. The van der Waals surface area contributed by atoms with E-state index in [-0.39, 0.29) is 0 Å². The van der Waals surface area contributed by atoms with Crippen LogP contribution in [0.15, 0.2) is 59.5 Å². The van der Waals surface area contributed by atoms with E-state index >= 15 is 0 Å². The van der Waals surface area contributed by atoms with Crippen molar-refractivity contribution in [2.45, 2.75) is 30.7 Å². The van der Waals surface area contributed by atoms with Crippen molar-refractivity contribution in [3.8, 4) is 0 Å². The molecule has 2 N–H and O–H groups in total. The molecule has 3 aromatic rings. The lowest BCUT2D eigenvalue weighted by molar-refractivity contribution is 0.159. The van der Waals surface area contributed by atoms with Crippen LogP contribution in [0, 0.1) is 5.92 Å². The monoisotopic (exact) mass is 483 g/mol. The number of nitrogens with two attached hydrogens (primary N) is 1. The zero-order chi connectivity index (χ0) is 23.0. The van der Waals surface area contributed by atoms with Crippen molar-refractivity contribution in [1.29, 1.82) is 0 Å². The first-order valence-electron chi connectivity index (χ1n) is 11.6. The standard InChI is InChI=1S/C26H30ClN3O2S/c27-25-7-5-24-16-26(8-6-23(24)15-25)33(31,32)30-11-9-29(10-12-30)18-20-2-4-21-13-19(17-28)1-3-22(21)14-20/h1,3,5-8,13,15-16,20H,2,4,9-12,14,17-18,28H2/t20-/m0/s1. The molecular formula is C26H30ClN3O2S. The second kappa shape index (κ2) is 9.35. The molecule has 0 amide bonds. The Labute approximate surface area is 201 Å². The number of fused-ring (bicyclic) bond motifs is 2. The molecule has 1 fully saturated rings. The number of benzene rings is 3. The number of rotatable bonds is 5. The van der Waals surface area contributed by atoms with E-state index in [0.29, 0.717) is 35.5 Å². The van der Waals surface area contributed by atoms with Gasteiger partial charge in [-0.15, -0.1) is 0 Å². The maximum Gasteiger partial charge on any atom is 0.243 e. The lowest BCUT2D eigenvalue weighted by Crippen LogP contribution is -2.50. The summed E-state index contributed by atoms with van der Waals surface area (Å²) in [5.74, 6) is 0.622. The summed E-state index contributed by atoms with van der Waals surface area (Å²) in [5.41, 5.74) is 9.89. The van der Waals surface area contributed by atoms with E-state index in [2.05, 4.69) is 23.1 Å². The quantitative estimate of drug-likeness (QED) is 0.594. The van der Waals surface area contributed by atoms with Gasteiger partial charge in [-0.1, -0.05) is 41.9 Å². The van der Waals surface area contributed by atoms with Crippen LogP contribution in [0.4, 0.5) is 0 Å². The van der Waals surface area contributed by atoms with Gasteiger partial charge in [0, 0.05) is 44.3 Å². The van der Waals surface area contributed by atoms with E-state index in [9.17, 15) is 8.42 Å². The van der Waals surface area contributed by atoms with Crippen LogP contribution in [0.1, 0.15) is 23.1 Å². The first-order valence-corrected chi connectivity index (χ1v) is 13.5. The summed E-state index contributed by atoms with van der Waals surface area (Å²) in [7, 11) is -3.50. The third kappa shape index (κ3) is 4.81. The van der Waals surface area contributed by atoms with Gasteiger partial charge in [-0.2, -0.15) is 4.31 Å². The number of hydrogen-bond acceptors (Lipinski definition) is 4. The fourth-order valence-electron chi connectivity index (χ4n) is 5.19. The highest BCUT2D eigenvalue weighted by Gasteiger charge is 2.30. The molecule has 3 aromatic carbocycles. The number of hydrogen-bond donors (Lipinski definition) is 1. The number of halogens is 1. The first kappa shape index (κ1) is 22.8. The molecule has 0 saturated carbocycles. The van der Waals surface area contributed by atoms with E-state index in [1.54, 1.807) is 22.5 Å². The zero-order valence-electron chi connectivity index (χ0n) is 18.7. The van der Waals surface area contributed by atoms with Gasteiger partial charge in [0.25, 0.3) is 0 Å². The molecule has 1 aliphatic heterocycles. The molecule has 0 spiro atoms. The third-order valence-electron chi connectivity index (χ3n) is 7.10. The van der Waals surface area contributed by atoms with Crippen LogP contribution in [0.25, 0.3) is 10.8 Å². The van der Waals surface area contributed by atoms with E-state index in [1.807, 2.05) is 18.2 Å².